The number of carbonyl (C=O) groups excluding carboxylic acids is 1. The molecule has 98 valence electrons. The van der Waals surface area contributed by atoms with Crippen molar-refractivity contribution in [2.45, 2.75) is 31.2 Å². The first-order valence-corrected chi connectivity index (χ1v) is 7.19. The van der Waals surface area contributed by atoms with E-state index in [-0.39, 0.29) is 18.9 Å². The Bertz CT molecular complexity index is 283. The first kappa shape index (κ1) is 13.1. The fourth-order valence-corrected chi connectivity index (χ4v) is 3.42. The Kier molecular flexibility index (Phi) is 4.25. The van der Waals surface area contributed by atoms with Gasteiger partial charge in [0.15, 0.2) is 0 Å². The van der Waals surface area contributed by atoms with Crippen LogP contribution in [0, 0.1) is 5.92 Å². The van der Waals surface area contributed by atoms with Crippen molar-refractivity contribution in [2.75, 3.05) is 24.6 Å². The molecule has 2 saturated heterocycles. The third-order valence-electron chi connectivity index (χ3n) is 3.33. The second-order valence-corrected chi connectivity index (χ2v) is 6.02. The van der Waals surface area contributed by atoms with Crippen LogP contribution in [0.2, 0.25) is 0 Å². The predicted octanol–water partition coefficient (Wildman–Crippen LogP) is 1.24. The van der Waals surface area contributed by atoms with Crippen molar-refractivity contribution in [2.24, 2.45) is 5.92 Å². The first-order chi connectivity index (χ1) is 8.07. The van der Waals surface area contributed by atoms with Gasteiger partial charge < -0.3 is 5.32 Å². The highest BCUT2D eigenvalue weighted by atomic mass is 32.2. The van der Waals surface area contributed by atoms with Crippen molar-refractivity contribution in [3.05, 3.63) is 0 Å². The monoisotopic (exact) mass is 264 g/mol. The number of halogens is 2. The van der Waals surface area contributed by atoms with E-state index >= 15 is 0 Å². The van der Waals surface area contributed by atoms with E-state index in [2.05, 4.69) is 10.6 Å². The zero-order valence-corrected chi connectivity index (χ0v) is 10.5. The molecule has 2 heterocycles. The van der Waals surface area contributed by atoms with Gasteiger partial charge in [-0.3, -0.25) is 10.1 Å². The number of amides is 1. The smallest absolute Gasteiger partial charge is 0.262 e. The van der Waals surface area contributed by atoms with E-state index in [4.69, 9.17) is 0 Å². The molecule has 2 fully saturated rings. The Morgan fingerprint density at radius 1 is 1.41 bits per heavy atom. The molecule has 2 aliphatic rings. The lowest BCUT2D eigenvalue weighted by atomic mass is 10.0. The summed E-state index contributed by atoms with van der Waals surface area (Å²) >= 11 is 1.93. The molecule has 0 aliphatic carbocycles. The molecule has 1 unspecified atom stereocenters. The van der Waals surface area contributed by atoms with Gasteiger partial charge in [-0.15, -0.1) is 0 Å². The average Bonchev–Trinajstić information content (AvgIpc) is 2.68. The molecule has 0 spiro atoms. The van der Waals surface area contributed by atoms with Gasteiger partial charge in [-0.05, 0) is 30.3 Å². The highest BCUT2D eigenvalue weighted by molar-refractivity contribution is 7.99. The van der Waals surface area contributed by atoms with Crippen LogP contribution in [0.1, 0.15) is 19.3 Å². The molecule has 0 aromatic heterocycles. The van der Waals surface area contributed by atoms with E-state index in [0.717, 1.165) is 24.3 Å². The van der Waals surface area contributed by atoms with Crippen LogP contribution in [0.15, 0.2) is 0 Å². The zero-order valence-electron chi connectivity index (χ0n) is 9.68. The van der Waals surface area contributed by atoms with Crippen LogP contribution >= 0.6 is 11.8 Å². The first-order valence-electron chi connectivity index (χ1n) is 6.03. The van der Waals surface area contributed by atoms with E-state index in [9.17, 15) is 13.6 Å². The van der Waals surface area contributed by atoms with Crippen LogP contribution in [0.5, 0.6) is 0 Å². The molecule has 17 heavy (non-hydrogen) atoms. The SMILES string of the molecule is O=C(NCC1CCSCC1)C1CC(F)(F)CN1. The van der Waals surface area contributed by atoms with Crippen LogP contribution in [0.25, 0.3) is 0 Å². The largest absolute Gasteiger partial charge is 0.354 e. The number of hydrogen-bond acceptors (Lipinski definition) is 3. The number of alkyl halides is 2. The fourth-order valence-electron chi connectivity index (χ4n) is 2.22. The van der Waals surface area contributed by atoms with E-state index in [1.54, 1.807) is 0 Å². The van der Waals surface area contributed by atoms with Gasteiger partial charge in [0.1, 0.15) is 0 Å². The summed E-state index contributed by atoms with van der Waals surface area (Å²) in [5.41, 5.74) is 0. The lowest BCUT2D eigenvalue weighted by Crippen LogP contribution is -2.42. The van der Waals surface area contributed by atoms with Crippen molar-refractivity contribution >= 4 is 17.7 Å². The normalized spacial score (nSPS) is 29.2. The molecule has 0 bridgehead atoms. The van der Waals surface area contributed by atoms with Gasteiger partial charge in [0.2, 0.25) is 5.91 Å². The number of hydrogen-bond donors (Lipinski definition) is 2. The second kappa shape index (κ2) is 5.52. The van der Waals surface area contributed by atoms with Crippen molar-refractivity contribution in [1.82, 2.24) is 10.6 Å². The molecule has 0 radical (unpaired) electrons. The fraction of sp³-hybridized carbons (Fsp3) is 0.909. The molecule has 2 aliphatic heterocycles. The highest BCUT2D eigenvalue weighted by Gasteiger charge is 2.42. The molecule has 1 amide bonds. The maximum absolute atomic E-state index is 12.9. The third-order valence-corrected chi connectivity index (χ3v) is 4.38. The quantitative estimate of drug-likeness (QED) is 0.806. The maximum Gasteiger partial charge on any atom is 0.262 e. The van der Waals surface area contributed by atoms with Gasteiger partial charge in [0.25, 0.3) is 5.92 Å². The minimum atomic E-state index is -2.73. The van der Waals surface area contributed by atoms with Gasteiger partial charge in [-0.1, -0.05) is 0 Å². The summed E-state index contributed by atoms with van der Waals surface area (Å²) in [6.07, 6.45) is 1.84. The molecule has 0 saturated carbocycles. The molecule has 0 aromatic rings. The number of thioether (sulfide) groups is 1. The molecule has 2 N–H and O–H groups in total. The molecule has 1 atom stereocenters. The van der Waals surface area contributed by atoms with Gasteiger partial charge >= 0.3 is 0 Å². The summed E-state index contributed by atoms with van der Waals surface area (Å²) < 4.78 is 25.8. The Morgan fingerprint density at radius 2 is 2.12 bits per heavy atom. The minimum absolute atomic E-state index is 0.277. The van der Waals surface area contributed by atoms with Crippen LogP contribution in [0.3, 0.4) is 0 Å². The summed E-state index contributed by atoms with van der Waals surface area (Å²) in [5, 5.41) is 5.36. The summed E-state index contributed by atoms with van der Waals surface area (Å²) in [6, 6.07) is -0.719. The van der Waals surface area contributed by atoms with Gasteiger partial charge in [-0.25, -0.2) is 8.78 Å². The van der Waals surface area contributed by atoms with Crippen molar-refractivity contribution in [1.29, 1.82) is 0 Å². The average molecular weight is 264 g/mol. The van der Waals surface area contributed by atoms with E-state index < -0.39 is 12.0 Å². The van der Waals surface area contributed by atoms with Crippen molar-refractivity contribution < 1.29 is 13.6 Å². The maximum atomic E-state index is 12.9. The van der Waals surface area contributed by atoms with Crippen LogP contribution in [0.4, 0.5) is 8.78 Å². The van der Waals surface area contributed by atoms with Crippen LogP contribution in [-0.4, -0.2) is 42.5 Å². The Hall–Kier alpha value is -0.360. The molecular formula is C11H18F2N2OS. The Morgan fingerprint density at radius 3 is 2.71 bits per heavy atom. The van der Waals surface area contributed by atoms with Crippen LogP contribution in [-0.2, 0) is 4.79 Å². The van der Waals surface area contributed by atoms with Gasteiger partial charge in [0.05, 0.1) is 12.6 Å². The standard InChI is InChI=1S/C11H18F2N2OS/c12-11(13)5-9(15-7-11)10(16)14-6-8-1-3-17-4-2-8/h8-9,15H,1-7H2,(H,14,16). The van der Waals surface area contributed by atoms with Crippen molar-refractivity contribution in [3.8, 4) is 0 Å². The Labute approximate surface area is 104 Å². The van der Waals surface area contributed by atoms with Gasteiger partial charge in [-0.2, -0.15) is 11.8 Å². The lowest BCUT2D eigenvalue weighted by molar-refractivity contribution is -0.123. The molecule has 6 heteroatoms. The van der Waals surface area contributed by atoms with E-state index in [1.807, 2.05) is 11.8 Å². The molecular weight excluding hydrogens is 246 g/mol. The third kappa shape index (κ3) is 3.81. The summed E-state index contributed by atoms with van der Waals surface area (Å²) in [6.45, 7) is 0.244. The summed E-state index contributed by atoms with van der Waals surface area (Å²) in [5.74, 6) is -0.216. The highest BCUT2D eigenvalue weighted by Crippen LogP contribution is 2.25. The zero-order chi connectivity index (χ0) is 12.3. The molecule has 0 aromatic carbocycles. The molecule has 3 nitrogen and oxygen atoms in total. The number of carbonyl (C=O) groups is 1. The van der Waals surface area contributed by atoms with Crippen LogP contribution < -0.4 is 10.6 Å². The lowest BCUT2D eigenvalue weighted by Gasteiger charge is -2.22. The summed E-state index contributed by atoms with van der Waals surface area (Å²) in [4.78, 5) is 11.7. The minimum Gasteiger partial charge on any atom is -0.354 e. The van der Waals surface area contributed by atoms with E-state index in [0.29, 0.717) is 12.5 Å². The molecule has 2 rings (SSSR count). The van der Waals surface area contributed by atoms with Gasteiger partial charge in [0, 0.05) is 13.0 Å². The summed E-state index contributed by atoms with van der Waals surface area (Å²) in [7, 11) is 0. The number of nitrogens with one attached hydrogen (secondary N) is 2. The van der Waals surface area contributed by atoms with Crippen molar-refractivity contribution in [3.63, 3.8) is 0 Å². The second-order valence-electron chi connectivity index (χ2n) is 4.79. The topological polar surface area (TPSA) is 41.1 Å². The number of rotatable bonds is 3. The Balaban J connectivity index is 1.70. The predicted molar refractivity (Wildman–Crippen MR) is 64.4 cm³/mol. The van der Waals surface area contributed by atoms with E-state index in [1.165, 1.54) is 0 Å².